The molecule has 2 N–H and O–H groups in total. The van der Waals surface area contributed by atoms with Gasteiger partial charge in [-0.3, -0.25) is 4.90 Å². The fourth-order valence-corrected chi connectivity index (χ4v) is 3.19. The minimum atomic E-state index is -0.825. The lowest BCUT2D eigenvalue weighted by atomic mass is 10.2. The van der Waals surface area contributed by atoms with Gasteiger partial charge in [-0.15, -0.1) is 0 Å². The van der Waals surface area contributed by atoms with Crippen LogP contribution in [0.5, 0.6) is 11.5 Å². The van der Waals surface area contributed by atoms with E-state index in [4.69, 9.17) is 9.47 Å². The van der Waals surface area contributed by atoms with E-state index in [0.717, 1.165) is 5.56 Å². The van der Waals surface area contributed by atoms with Crippen LogP contribution in [-0.4, -0.2) is 53.6 Å². The maximum absolute atomic E-state index is 13.0. The van der Waals surface area contributed by atoms with Gasteiger partial charge in [0.15, 0.2) is 0 Å². The number of rotatable bonds is 12. The largest absolute Gasteiger partial charge is 0.491 e. The second-order valence-corrected chi connectivity index (χ2v) is 7.52. The summed E-state index contributed by atoms with van der Waals surface area (Å²) in [4.78, 5) is 1.91. The van der Waals surface area contributed by atoms with E-state index in [9.17, 15) is 19.0 Å². The lowest BCUT2D eigenvalue weighted by Gasteiger charge is -2.27. The Kier molecular flexibility index (Phi) is 8.98. The van der Waals surface area contributed by atoms with Gasteiger partial charge in [-0.05, 0) is 54.1 Å². The van der Waals surface area contributed by atoms with Gasteiger partial charge in [0.05, 0.1) is 0 Å². The van der Waals surface area contributed by atoms with Crippen LogP contribution >= 0.6 is 0 Å². The third kappa shape index (κ3) is 8.26. The van der Waals surface area contributed by atoms with Gasteiger partial charge in [0.1, 0.15) is 48.6 Å². The van der Waals surface area contributed by atoms with E-state index in [0.29, 0.717) is 18.0 Å². The quantitative estimate of drug-likeness (QED) is 0.448. The molecule has 170 valence electrons. The molecule has 0 amide bonds. The third-order valence-electron chi connectivity index (χ3n) is 4.70. The minimum Gasteiger partial charge on any atom is -0.491 e. The lowest BCUT2D eigenvalue weighted by molar-refractivity contribution is 0.0282. The van der Waals surface area contributed by atoms with Gasteiger partial charge in [-0.1, -0.05) is 30.3 Å². The Hall–Kier alpha value is -3.00. The van der Waals surface area contributed by atoms with E-state index < -0.39 is 12.2 Å². The first-order chi connectivity index (χ1) is 15.5. The van der Waals surface area contributed by atoms with Gasteiger partial charge in [-0.2, -0.15) is 0 Å². The van der Waals surface area contributed by atoms with Crippen molar-refractivity contribution in [3.05, 3.63) is 96.1 Å². The molecule has 7 heteroatoms. The number of aliphatic hydroxyl groups is 2. The van der Waals surface area contributed by atoms with Crippen LogP contribution in [0, 0.1) is 11.6 Å². The number of nitrogens with zero attached hydrogens (tertiary/aromatic N) is 1. The summed E-state index contributed by atoms with van der Waals surface area (Å²) in [6, 6.07) is 20.9. The van der Waals surface area contributed by atoms with Crippen molar-refractivity contribution in [3.8, 4) is 11.5 Å². The van der Waals surface area contributed by atoms with Crippen LogP contribution < -0.4 is 9.47 Å². The fourth-order valence-electron chi connectivity index (χ4n) is 3.19. The SMILES string of the molecule is O[C@@H](COc1ccc(F)cc1)CN(Cc1ccccc1)C[C@@H](O)COc1ccc(F)cc1. The van der Waals surface area contributed by atoms with E-state index >= 15 is 0 Å². The Bertz CT molecular complexity index is 865. The summed E-state index contributed by atoms with van der Waals surface area (Å²) in [7, 11) is 0. The molecule has 3 aromatic rings. The van der Waals surface area contributed by atoms with Crippen LogP contribution in [-0.2, 0) is 6.54 Å². The molecule has 0 spiro atoms. The Morgan fingerprint density at radius 2 is 1.09 bits per heavy atom. The van der Waals surface area contributed by atoms with Gasteiger partial charge in [0, 0.05) is 19.6 Å². The van der Waals surface area contributed by atoms with E-state index in [-0.39, 0.29) is 37.9 Å². The van der Waals surface area contributed by atoms with E-state index in [1.54, 1.807) is 0 Å². The van der Waals surface area contributed by atoms with Crippen LogP contribution in [0.2, 0.25) is 0 Å². The van der Waals surface area contributed by atoms with Gasteiger partial charge in [0.2, 0.25) is 0 Å². The molecule has 0 aliphatic heterocycles. The maximum atomic E-state index is 13.0. The van der Waals surface area contributed by atoms with E-state index in [1.807, 2.05) is 35.2 Å². The monoisotopic (exact) mass is 443 g/mol. The van der Waals surface area contributed by atoms with Crippen molar-refractivity contribution < 1.29 is 28.5 Å². The van der Waals surface area contributed by atoms with Crippen molar-refractivity contribution in [2.24, 2.45) is 0 Å². The van der Waals surface area contributed by atoms with Crippen molar-refractivity contribution in [2.45, 2.75) is 18.8 Å². The summed E-state index contributed by atoms with van der Waals surface area (Å²) >= 11 is 0. The first-order valence-electron chi connectivity index (χ1n) is 10.4. The molecule has 32 heavy (non-hydrogen) atoms. The van der Waals surface area contributed by atoms with Crippen molar-refractivity contribution in [2.75, 3.05) is 26.3 Å². The Morgan fingerprint density at radius 1 is 0.656 bits per heavy atom. The number of hydrogen-bond acceptors (Lipinski definition) is 5. The average molecular weight is 443 g/mol. The number of ether oxygens (including phenoxy) is 2. The predicted molar refractivity (Wildman–Crippen MR) is 118 cm³/mol. The van der Waals surface area contributed by atoms with Gasteiger partial charge in [0.25, 0.3) is 0 Å². The van der Waals surface area contributed by atoms with Crippen LogP contribution in [0.25, 0.3) is 0 Å². The zero-order chi connectivity index (χ0) is 22.8. The third-order valence-corrected chi connectivity index (χ3v) is 4.70. The fraction of sp³-hybridized carbons (Fsp3) is 0.280. The lowest BCUT2D eigenvalue weighted by Crippen LogP contribution is -2.41. The first-order valence-corrected chi connectivity index (χ1v) is 10.4. The van der Waals surface area contributed by atoms with Gasteiger partial charge >= 0.3 is 0 Å². The minimum absolute atomic E-state index is 0.0269. The topological polar surface area (TPSA) is 62.2 Å². The van der Waals surface area contributed by atoms with Crippen LogP contribution in [0.4, 0.5) is 8.78 Å². The smallest absolute Gasteiger partial charge is 0.123 e. The standard InChI is InChI=1S/C25H27F2NO4/c26-20-6-10-24(11-7-20)31-17-22(29)15-28(14-19-4-2-1-3-5-19)16-23(30)18-32-25-12-8-21(27)9-13-25/h1-13,22-23,29-30H,14-18H2/t22-,23-/m1/s1. The number of halogens is 2. The number of hydrogen-bond donors (Lipinski definition) is 2. The van der Waals surface area contributed by atoms with Crippen molar-refractivity contribution >= 4 is 0 Å². The molecule has 5 nitrogen and oxygen atoms in total. The molecule has 0 aliphatic rings. The highest BCUT2D eigenvalue weighted by Gasteiger charge is 2.17. The van der Waals surface area contributed by atoms with Gasteiger partial charge < -0.3 is 19.7 Å². The number of aliphatic hydroxyl groups excluding tert-OH is 2. The molecule has 0 fully saturated rings. The Morgan fingerprint density at radius 3 is 1.53 bits per heavy atom. The summed E-state index contributed by atoms with van der Waals surface area (Å²) < 4.78 is 37.1. The Balaban J connectivity index is 1.54. The highest BCUT2D eigenvalue weighted by Crippen LogP contribution is 2.14. The molecule has 0 aromatic heterocycles. The molecule has 0 saturated carbocycles. The average Bonchev–Trinajstić information content (AvgIpc) is 2.79. The van der Waals surface area contributed by atoms with Crippen LogP contribution in [0.15, 0.2) is 78.9 Å². The second kappa shape index (κ2) is 12.1. The molecular formula is C25H27F2NO4. The number of benzene rings is 3. The molecule has 0 bridgehead atoms. The Labute approximate surface area is 186 Å². The molecule has 0 radical (unpaired) electrons. The van der Waals surface area contributed by atoms with Crippen LogP contribution in [0.3, 0.4) is 0 Å². The molecule has 0 aliphatic carbocycles. The second-order valence-electron chi connectivity index (χ2n) is 7.52. The van der Waals surface area contributed by atoms with Crippen molar-refractivity contribution in [1.29, 1.82) is 0 Å². The summed E-state index contributed by atoms with van der Waals surface area (Å²) in [6.45, 7) is 1.08. The maximum Gasteiger partial charge on any atom is 0.123 e. The normalized spacial score (nSPS) is 13.0. The molecule has 0 heterocycles. The summed E-state index contributed by atoms with van der Waals surface area (Å²) in [5.41, 5.74) is 1.03. The van der Waals surface area contributed by atoms with Crippen molar-refractivity contribution in [3.63, 3.8) is 0 Å². The highest BCUT2D eigenvalue weighted by molar-refractivity contribution is 5.23. The van der Waals surface area contributed by atoms with E-state index in [1.165, 1.54) is 48.5 Å². The summed E-state index contributed by atoms with van der Waals surface area (Å²) in [5.74, 6) is 0.216. The van der Waals surface area contributed by atoms with Gasteiger partial charge in [-0.25, -0.2) is 8.78 Å². The summed E-state index contributed by atoms with van der Waals surface area (Å²) in [6.07, 6.45) is -1.65. The molecule has 3 rings (SSSR count). The molecule has 0 unspecified atom stereocenters. The first kappa shape index (κ1) is 23.7. The zero-order valence-electron chi connectivity index (χ0n) is 17.6. The zero-order valence-corrected chi connectivity index (χ0v) is 17.6. The predicted octanol–water partition coefficient (Wildman–Crippen LogP) is 3.65. The van der Waals surface area contributed by atoms with E-state index in [2.05, 4.69) is 0 Å². The van der Waals surface area contributed by atoms with Crippen molar-refractivity contribution in [1.82, 2.24) is 4.90 Å². The van der Waals surface area contributed by atoms with Crippen LogP contribution in [0.1, 0.15) is 5.56 Å². The molecule has 2 atom stereocenters. The molecule has 3 aromatic carbocycles. The summed E-state index contributed by atoms with van der Waals surface area (Å²) in [5, 5.41) is 20.9. The highest BCUT2D eigenvalue weighted by atomic mass is 19.1. The molecular weight excluding hydrogens is 416 g/mol. The molecule has 0 saturated heterocycles.